The molecular weight excluding hydrogens is 174 g/mol. The summed E-state index contributed by atoms with van der Waals surface area (Å²) in [5, 5.41) is 10.2. The first-order chi connectivity index (χ1) is 6.44. The molecule has 0 aromatic carbocycles. The smallest absolute Gasteiger partial charge is 0.0720 e. The van der Waals surface area contributed by atoms with Crippen molar-refractivity contribution in [1.82, 2.24) is 4.90 Å². The third-order valence-corrected chi connectivity index (χ3v) is 3.43. The van der Waals surface area contributed by atoms with Crippen LogP contribution in [0.5, 0.6) is 0 Å². The summed E-state index contributed by atoms with van der Waals surface area (Å²) in [6.45, 7) is 11.0. The lowest BCUT2D eigenvalue weighted by Crippen LogP contribution is -2.51. The Morgan fingerprint density at radius 2 is 1.71 bits per heavy atom. The molecule has 0 bridgehead atoms. The van der Waals surface area contributed by atoms with E-state index in [1.54, 1.807) is 0 Å². The second-order valence-electron chi connectivity index (χ2n) is 5.49. The van der Waals surface area contributed by atoms with Crippen molar-refractivity contribution < 1.29 is 5.11 Å². The summed E-state index contributed by atoms with van der Waals surface area (Å²) in [5.74, 6) is 0.576. The molecule has 1 N–H and O–H groups in total. The molecule has 1 heterocycles. The van der Waals surface area contributed by atoms with E-state index in [9.17, 15) is 5.11 Å². The van der Waals surface area contributed by atoms with Gasteiger partial charge < -0.3 is 5.11 Å². The van der Waals surface area contributed by atoms with Gasteiger partial charge in [-0.2, -0.15) is 0 Å². The zero-order valence-corrected chi connectivity index (χ0v) is 10.1. The Balaban J connectivity index is 2.53. The second-order valence-corrected chi connectivity index (χ2v) is 5.49. The van der Waals surface area contributed by atoms with Crippen LogP contribution < -0.4 is 0 Å². The summed E-state index contributed by atoms with van der Waals surface area (Å²) < 4.78 is 0. The molecule has 0 saturated carbocycles. The number of hydrogen-bond acceptors (Lipinski definition) is 2. The van der Waals surface area contributed by atoms with E-state index in [1.807, 2.05) is 0 Å². The maximum atomic E-state index is 10.2. The third kappa shape index (κ3) is 2.71. The Hall–Kier alpha value is -0.0800. The van der Waals surface area contributed by atoms with E-state index in [0.29, 0.717) is 5.92 Å². The highest BCUT2D eigenvalue weighted by Crippen LogP contribution is 2.27. The quantitative estimate of drug-likeness (QED) is 0.751. The number of aliphatic hydroxyl groups is 1. The van der Waals surface area contributed by atoms with Crippen molar-refractivity contribution in [3.63, 3.8) is 0 Å². The van der Waals surface area contributed by atoms with Crippen LogP contribution in [0, 0.1) is 5.92 Å². The Bertz CT molecular complexity index is 171. The van der Waals surface area contributed by atoms with Gasteiger partial charge in [-0.25, -0.2) is 0 Å². The van der Waals surface area contributed by atoms with E-state index in [0.717, 1.165) is 19.5 Å². The molecule has 1 rings (SSSR count). The monoisotopic (exact) mass is 199 g/mol. The highest BCUT2D eigenvalue weighted by Gasteiger charge is 2.35. The number of nitrogens with zero attached hydrogens (tertiary/aromatic N) is 1. The third-order valence-electron chi connectivity index (χ3n) is 3.43. The fourth-order valence-corrected chi connectivity index (χ4v) is 2.24. The van der Waals surface area contributed by atoms with E-state index >= 15 is 0 Å². The van der Waals surface area contributed by atoms with Gasteiger partial charge in [0.2, 0.25) is 0 Å². The van der Waals surface area contributed by atoms with Crippen LogP contribution in [-0.2, 0) is 0 Å². The van der Waals surface area contributed by atoms with E-state index in [-0.39, 0.29) is 11.6 Å². The summed E-state index contributed by atoms with van der Waals surface area (Å²) in [6, 6.07) is 0. The highest BCUT2D eigenvalue weighted by atomic mass is 16.3. The molecular formula is C12H25NO. The lowest BCUT2D eigenvalue weighted by molar-refractivity contribution is -0.00850. The molecule has 14 heavy (non-hydrogen) atoms. The number of likely N-dealkylation sites (tertiary alicyclic amines) is 1. The lowest BCUT2D eigenvalue weighted by atomic mass is 9.89. The normalized spacial score (nSPS) is 21.9. The fourth-order valence-electron chi connectivity index (χ4n) is 2.24. The van der Waals surface area contributed by atoms with Crippen LogP contribution >= 0.6 is 0 Å². The molecule has 84 valence electrons. The molecule has 0 aliphatic carbocycles. The van der Waals surface area contributed by atoms with Crippen LogP contribution in [0.15, 0.2) is 0 Å². The van der Waals surface area contributed by atoms with E-state index in [4.69, 9.17) is 0 Å². The first-order valence-electron chi connectivity index (χ1n) is 5.87. The molecule has 2 nitrogen and oxygen atoms in total. The Morgan fingerprint density at radius 3 is 2.14 bits per heavy atom. The number of aliphatic hydroxyl groups excluding tert-OH is 1. The summed E-state index contributed by atoms with van der Waals surface area (Å²) in [6.07, 6.45) is 3.29. The molecule has 1 aliphatic rings. The first-order valence-corrected chi connectivity index (χ1v) is 5.87. The molecule has 0 aromatic rings. The maximum absolute atomic E-state index is 10.2. The van der Waals surface area contributed by atoms with Gasteiger partial charge in [0.25, 0.3) is 0 Å². The van der Waals surface area contributed by atoms with Gasteiger partial charge in [-0.15, -0.1) is 0 Å². The zero-order chi connectivity index (χ0) is 10.8. The first kappa shape index (κ1) is 12.0. The Labute approximate surface area is 88.3 Å². The second kappa shape index (κ2) is 4.63. The number of rotatable bonds is 4. The van der Waals surface area contributed by atoms with E-state index in [2.05, 4.69) is 32.6 Å². The topological polar surface area (TPSA) is 23.5 Å². The van der Waals surface area contributed by atoms with Gasteiger partial charge in [0.05, 0.1) is 6.10 Å². The van der Waals surface area contributed by atoms with Crippen LogP contribution in [0.25, 0.3) is 0 Å². The van der Waals surface area contributed by atoms with Crippen LogP contribution in [0.4, 0.5) is 0 Å². The van der Waals surface area contributed by atoms with Crippen molar-refractivity contribution in [2.75, 3.05) is 13.1 Å². The minimum atomic E-state index is -0.194. The molecule has 0 spiro atoms. The van der Waals surface area contributed by atoms with Crippen molar-refractivity contribution in [2.45, 2.75) is 58.6 Å². The van der Waals surface area contributed by atoms with Gasteiger partial charge >= 0.3 is 0 Å². The average molecular weight is 199 g/mol. The zero-order valence-electron chi connectivity index (χ0n) is 10.1. The van der Waals surface area contributed by atoms with Gasteiger partial charge in [0.1, 0.15) is 0 Å². The van der Waals surface area contributed by atoms with Crippen molar-refractivity contribution in [2.24, 2.45) is 5.92 Å². The minimum Gasteiger partial charge on any atom is -0.391 e. The summed E-state index contributed by atoms with van der Waals surface area (Å²) >= 11 is 0. The summed E-state index contributed by atoms with van der Waals surface area (Å²) in [4.78, 5) is 2.43. The van der Waals surface area contributed by atoms with Gasteiger partial charge in [-0.1, -0.05) is 13.8 Å². The molecule has 1 atom stereocenters. The van der Waals surface area contributed by atoms with Crippen LogP contribution in [-0.4, -0.2) is 34.7 Å². The molecule has 2 heteroatoms. The van der Waals surface area contributed by atoms with Gasteiger partial charge in [-0.3, -0.25) is 4.90 Å². The maximum Gasteiger partial charge on any atom is 0.0720 e. The van der Waals surface area contributed by atoms with Gasteiger partial charge in [0, 0.05) is 5.54 Å². The predicted octanol–water partition coefficient (Wildman–Crippen LogP) is 2.27. The van der Waals surface area contributed by atoms with Crippen molar-refractivity contribution >= 4 is 0 Å². The molecule has 1 aliphatic heterocycles. The lowest BCUT2D eigenvalue weighted by Gasteiger charge is -2.40. The van der Waals surface area contributed by atoms with Gasteiger partial charge in [-0.05, 0) is 52.1 Å². The highest BCUT2D eigenvalue weighted by molar-refractivity contribution is 4.91. The minimum absolute atomic E-state index is 0.0409. The molecule has 0 aromatic heterocycles. The largest absolute Gasteiger partial charge is 0.391 e. The molecule has 1 saturated heterocycles. The van der Waals surface area contributed by atoms with Crippen LogP contribution in [0.1, 0.15) is 47.0 Å². The van der Waals surface area contributed by atoms with E-state index < -0.39 is 0 Å². The molecule has 0 radical (unpaired) electrons. The predicted molar refractivity (Wildman–Crippen MR) is 60.3 cm³/mol. The Morgan fingerprint density at radius 1 is 1.21 bits per heavy atom. The van der Waals surface area contributed by atoms with Crippen molar-refractivity contribution in [1.29, 1.82) is 0 Å². The molecule has 0 amide bonds. The Kier molecular flexibility index (Phi) is 3.96. The fraction of sp³-hybridized carbons (Fsp3) is 1.00. The van der Waals surface area contributed by atoms with Crippen molar-refractivity contribution in [3.8, 4) is 0 Å². The SMILES string of the molecule is CC(C)CC(O)C(C)(C)N1CCCC1. The van der Waals surface area contributed by atoms with Gasteiger partial charge in [0.15, 0.2) is 0 Å². The summed E-state index contributed by atoms with van der Waals surface area (Å²) in [7, 11) is 0. The molecule has 1 fully saturated rings. The van der Waals surface area contributed by atoms with Crippen LogP contribution in [0.3, 0.4) is 0 Å². The van der Waals surface area contributed by atoms with E-state index in [1.165, 1.54) is 12.8 Å². The molecule has 1 unspecified atom stereocenters. The summed E-state index contributed by atoms with van der Waals surface area (Å²) in [5.41, 5.74) is -0.0409. The average Bonchev–Trinajstić information content (AvgIpc) is 2.54. The standard InChI is InChI=1S/C12H25NO/c1-10(2)9-11(14)12(3,4)13-7-5-6-8-13/h10-11,14H,5-9H2,1-4H3. The van der Waals surface area contributed by atoms with Crippen molar-refractivity contribution in [3.05, 3.63) is 0 Å². The number of hydrogen-bond donors (Lipinski definition) is 1. The van der Waals surface area contributed by atoms with Crippen LogP contribution in [0.2, 0.25) is 0 Å².